The molecule has 3 aromatic rings. The van der Waals surface area contributed by atoms with Crippen molar-refractivity contribution in [1.82, 2.24) is 10.3 Å². The summed E-state index contributed by atoms with van der Waals surface area (Å²) in [7, 11) is 0. The second-order valence-electron chi connectivity index (χ2n) is 6.20. The number of rotatable bonds is 4. The highest BCUT2D eigenvalue weighted by Gasteiger charge is 2.21. The van der Waals surface area contributed by atoms with Crippen molar-refractivity contribution in [3.05, 3.63) is 95.3 Å². The van der Waals surface area contributed by atoms with Gasteiger partial charge in [0.25, 0.3) is 5.91 Å². The summed E-state index contributed by atoms with van der Waals surface area (Å²) in [5.41, 5.74) is 4.01. The third-order valence-corrected chi connectivity index (χ3v) is 4.42. The van der Waals surface area contributed by atoms with Crippen molar-refractivity contribution in [2.75, 3.05) is 5.32 Å². The van der Waals surface area contributed by atoms with Crippen LogP contribution in [0.2, 0.25) is 0 Å². The Hall–Kier alpha value is -3.47. The highest BCUT2D eigenvalue weighted by Crippen LogP contribution is 2.25. The van der Waals surface area contributed by atoms with Crippen molar-refractivity contribution < 1.29 is 9.59 Å². The molecule has 0 saturated carbocycles. The molecule has 5 heteroatoms. The molecule has 0 bridgehead atoms. The molecule has 2 aromatic carbocycles. The van der Waals surface area contributed by atoms with Crippen LogP contribution in [0.3, 0.4) is 0 Å². The third kappa shape index (κ3) is 3.19. The van der Waals surface area contributed by atoms with Crippen LogP contribution >= 0.6 is 0 Å². The molecule has 0 radical (unpaired) electrons. The number of pyridine rings is 1. The van der Waals surface area contributed by atoms with E-state index < -0.39 is 0 Å². The molecule has 1 aliphatic heterocycles. The molecular formula is C21H17N3O2. The summed E-state index contributed by atoms with van der Waals surface area (Å²) in [5, 5.41) is 5.86. The molecule has 0 aliphatic carbocycles. The molecule has 2 N–H and O–H groups in total. The number of aromatic nitrogens is 1. The molecular weight excluding hydrogens is 326 g/mol. The number of nitrogens with one attached hydrogen (secondary N) is 2. The van der Waals surface area contributed by atoms with Crippen molar-refractivity contribution in [2.24, 2.45) is 0 Å². The average Bonchev–Trinajstić information content (AvgIpc) is 3.06. The second-order valence-corrected chi connectivity index (χ2v) is 6.20. The van der Waals surface area contributed by atoms with Gasteiger partial charge in [-0.25, -0.2) is 0 Å². The van der Waals surface area contributed by atoms with Crippen LogP contribution in [0.1, 0.15) is 33.1 Å². The van der Waals surface area contributed by atoms with Crippen molar-refractivity contribution in [3.8, 4) is 0 Å². The number of carbonyl (C=O) groups is 2. The van der Waals surface area contributed by atoms with Gasteiger partial charge in [-0.2, -0.15) is 0 Å². The van der Waals surface area contributed by atoms with Gasteiger partial charge in [-0.1, -0.05) is 42.5 Å². The van der Waals surface area contributed by atoms with E-state index in [0.717, 1.165) is 16.7 Å². The lowest BCUT2D eigenvalue weighted by atomic mass is 9.99. The molecule has 0 unspecified atom stereocenters. The quantitative estimate of drug-likeness (QED) is 0.765. The van der Waals surface area contributed by atoms with Crippen molar-refractivity contribution in [3.63, 3.8) is 0 Å². The molecule has 1 aromatic heterocycles. The number of fused-ring (bicyclic) bond motifs is 1. The summed E-state index contributed by atoms with van der Waals surface area (Å²) in [6, 6.07) is 18.5. The molecule has 26 heavy (non-hydrogen) atoms. The molecule has 1 atom stereocenters. The van der Waals surface area contributed by atoms with Crippen LogP contribution in [0.15, 0.2) is 73.1 Å². The highest BCUT2D eigenvalue weighted by molar-refractivity contribution is 6.02. The van der Waals surface area contributed by atoms with Crippen molar-refractivity contribution >= 4 is 17.5 Å². The maximum Gasteiger partial charge on any atom is 0.252 e. The fraction of sp³-hybridized carbons (Fsp3) is 0.0952. The Bertz CT molecular complexity index is 916. The van der Waals surface area contributed by atoms with Gasteiger partial charge >= 0.3 is 0 Å². The van der Waals surface area contributed by atoms with Gasteiger partial charge in [0, 0.05) is 23.6 Å². The molecule has 2 amide bonds. The minimum absolute atomic E-state index is 0.0462. The van der Waals surface area contributed by atoms with Crippen LogP contribution in [-0.4, -0.2) is 16.8 Å². The van der Waals surface area contributed by atoms with E-state index in [1.807, 2.05) is 48.5 Å². The number of hydrogen-bond donors (Lipinski definition) is 2. The lowest BCUT2D eigenvalue weighted by Gasteiger charge is -2.19. The van der Waals surface area contributed by atoms with Gasteiger partial charge in [-0.15, -0.1) is 0 Å². The number of nitrogens with zero attached hydrogens (tertiary/aromatic N) is 1. The van der Waals surface area contributed by atoms with Gasteiger partial charge in [0.05, 0.1) is 12.5 Å². The Morgan fingerprint density at radius 1 is 1.04 bits per heavy atom. The number of hydrogen-bond acceptors (Lipinski definition) is 3. The van der Waals surface area contributed by atoms with Crippen LogP contribution in [0.5, 0.6) is 0 Å². The lowest BCUT2D eigenvalue weighted by molar-refractivity contribution is -0.115. The maximum absolute atomic E-state index is 12.8. The maximum atomic E-state index is 12.8. The van der Waals surface area contributed by atoms with Gasteiger partial charge in [0.1, 0.15) is 0 Å². The van der Waals surface area contributed by atoms with Gasteiger partial charge in [0.2, 0.25) is 5.91 Å². The molecule has 0 spiro atoms. The Morgan fingerprint density at radius 2 is 1.85 bits per heavy atom. The predicted octanol–water partition coefficient (Wildman–Crippen LogP) is 3.10. The van der Waals surface area contributed by atoms with Crippen LogP contribution in [0, 0.1) is 0 Å². The standard InChI is InChI=1S/C21H17N3O2/c25-19-12-15-8-9-16(11-18(15)23-19)21(26)24-20(14-5-2-1-3-6-14)17-7-4-10-22-13-17/h1-11,13,20H,12H2,(H,23,25)(H,24,26)/t20-/m0/s1. The molecule has 128 valence electrons. The minimum Gasteiger partial charge on any atom is -0.341 e. The molecule has 4 rings (SSSR count). The zero-order valence-corrected chi connectivity index (χ0v) is 14.0. The van der Waals surface area contributed by atoms with Crippen LogP contribution in [-0.2, 0) is 11.2 Å². The molecule has 5 nitrogen and oxygen atoms in total. The Labute approximate surface area is 151 Å². The molecule has 1 aliphatic rings. The molecule has 2 heterocycles. The highest BCUT2D eigenvalue weighted by atomic mass is 16.2. The normalized spacial score (nSPS) is 13.6. The first-order valence-corrected chi connectivity index (χ1v) is 8.39. The Morgan fingerprint density at radius 3 is 2.62 bits per heavy atom. The number of anilines is 1. The molecule has 0 saturated heterocycles. The second kappa shape index (κ2) is 6.80. The first kappa shape index (κ1) is 16.0. The molecule has 0 fully saturated rings. The topological polar surface area (TPSA) is 71.1 Å². The Balaban J connectivity index is 1.63. The zero-order chi connectivity index (χ0) is 17.9. The van der Waals surface area contributed by atoms with E-state index in [2.05, 4.69) is 15.6 Å². The van der Waals surface area contributed by atoms with Gasteiger partial charge in [-0.3, -0.25) is 14.6 Å². The summed E-state index contributed by atoms with van der Waals surface area (Å²) < 4.78 is 0. The van der Waals surface area contributed by atoms with E-state index in [-0.39, 0.29) is 17.9 Å². The SMILES string of the molecule is O=C1Cc2ccc(C(=O)N[C@@H](c3ccccc3)c3cccnc3)cc2N1. The fourth-order valence-electron chi connectivity index (χ4n) is 3.12. The summed E-state index contributed by atoms with van der Waals surface area (Å²) in [5.74, 6) is -0.248. The van der Waals surface area contributed by atoms with E-state index in [1.54, 1.807) is 24.5 Å². The number of benzene rings is 2. The van der Waals surface area contributed by atoms with E-state index in [9.17, 15) is 9.59 Å². The first-order chi connectivity index (χ1) is 12.7. The summed E-state index contributed by atoms with van der Waals surface area (Å²) in [6.45, 7) is 0. The summed E-state index contributed by atoms with van der Waals surface area (Å²) >= 11 is 0. The fourth-order valence-corrected chi connectivity index (χ4v) is 3.12. The van der Waals surface area contributed by atoms with Crippen molar-refractivity contribution in [1.29, 1.82) is 0 Å². The van der Waals surface area contributed by atoms with E-state index in [1.165, 1.54) is 0 Å². The van der Waals surface area contributed by atoms with Gasteiger partial charge in [0.15, 0.2) is 0 Å². The van der Waals surface area contributed by atoms with Crippen LogP contribution in [0.4, 0.5) is 5.69 Å². The first-order valence-electron chi connectivity index (χ1n) is 8.39. The average molecular weight is 343 g/mol. The van der Waals surface area contributed by atoms with Crippen molar-refractivity contribution in [2.45, 2.75) is 12.5 Å². The predicted molar refractivity (Wildman–Crippen MR) is 98.8 cm³/mol. The zero-order valence-electron chi connectivity index (χ0n) is 14.0. The third-order valence-electron chi connectivity index (χ3n) is 4.42. The monoisotopic (exact) mass is 343 g/mol. The van der Waals surface area contributed by atoms with Crippen LogP contribution < -0.4 is 10.6 Å². The van der Waals surface area contributed by atoms with Crippen LogP contribution in [0.25, 0.3) is 0 Å². The Kier molecular flexibility index (Phi) is 4.19. The smallest absolute Gasteiger partial charge is 0.252 e. The van der Waals surface area contributed by atoms with E-state index >= 15 is 0 Å². The van der Waals surface area contributed by atoms with E-state index in [4.69, 9.17) is 0 Å². The van der Waals surface area contributed by atoms with E-state index in [0.29, 0.717) is 17.7 Å². The summed E-state index contributed by atoms with van der Waals surface area (Å²) in [4.78, 5) is 28.5. The number of amides is 2. The summed E-state index contributed by atoms with van der Waals surface area (Å²) in [6.07, 6.45) is 3.82. The number of carbonyl (C=O) groups excluding carboxylic acids is 2. The van der Waals surface area contributed by atoms with Gasteiger partial charge in [-0.05, 0) is 34.9 Å². The largest absolute Gasteiger partial charge is 0.341 e. The van der Waals surface area contributed by atoms with Gasteiger partial charge < -0.3 is 10.6 Å². The lowest BCUT2D eigenvalue weighted by Crippen LogP contribution is -2.29. The minimum atomic E-state index is -0.305.